The summed E-state index contributed by atoms with van der Waals surface area (Å²) in [7, 11) is 0. The van der Waals surface area contributed by atoms with Crippen LogP contribution in [0.15, 0.2) is 51.8 Å². The average molecular weight is 452 g/mol. The number of benzene rings is 2. The fourth-order valence-corrected chi connectivity index (χ4v) is 4.20. The van der Waals surface area contributed by atoms with E-state index in [4.69, 9.17) is 17.0 Å². The van der Waals surface area contributed by atoms with E-state index >= 15 is 0 Å². The third-order valence-corrected chi connectivity index (χ3v) is 5.66. The molecule has 0 N–H and O–H groups in total. The molecule has 0 aliphatic carbocycles. The summed E-state index contributed by atoms with van der Waals surface area (Å²) in [5.41, 5.74) is 1.20. The zero-order chi connectivity index (χ0) is 18.7. The van der Waals surface area contributed by atoms with Crippen LogP contribution in [0.1, 0.15) is 18.1 Å². The van der Waals surface area contributed by atoms with Crippen molar-refractivity contribution in [2.75, 3.05) is 6.54 Å². The average Bonchev–Trinajstić information content (AvgIpc) is 2.88. The zero-order valence-electron chi connectivity index (χ0n) is 13.9. The molecule has 0 aromatic heterocycles. The molecule has 0 radical (unpaired) electrons. The Labute approximate surface area is 169 Å². The largest absolute Gasteiger partial charge is 0.488 e. The Morgan fingerprint density at radius 3 is 2.77 bits per heavy atom. The molecule has 0 spiro atoms. The highest BCUT2D eigenvalue weighted by Gasteiger charge is 2.30. The minimum absolute atomic E-state index is 0.102. The van der Waals surface area contributed by atoms with Gasteiger partial charge in [0.1, 0.15) is 22.5 Å². The number of hydrogen-bond acceptors (Lipinski definition) is 4. The number of thioether (sulfide) groups is 1. The van der Waals surface area contributed by atoms with E-state index in [2.05, 4.69) is 15.9 Å². The number of carbonyl (C=O) groups excluding carboxylic acids is 1. The fraction of sp³-hybridized carbons (Fsp3) is 0.158. The van der Waals surface area contributed by atoms with Crippen molar-refractivity contribution in [3.05, 3.63) is 68.8 Å². The lowest BCUT2D eigenvalue weighted by atomic mass is 10.1. The van der Waals surface area contributed by atoms with E-state index in [0.717, 1.165) is 10.0 Å². The molecular weight excluding hydrogens is 437 g/mol. The van der Waals surface area contributed by atoms with Crippen LogP contribution in [0.3, 0.4) is 0 Å². The first-order valence-electron chi connectivity index (χ1n) is 7.90. The Morgan fingerprint density at radius 2 is 2.08 bits per heavy atom. The summed E-state index contributed by atoms with van der Waals surface area (Å²) >= 11 is 9.95. The van der Waals surface area contributed by atoms with Crippen LogP contribution in [0.4, 0.5) is 4.39 Å². The van der Waals surface area contributed by atoms with Gasteiger partial charge < -0.3 is 4.74 Å². The van der Waals surface area contributed by atoms with E-state index in [1.54, 1.807) is 35.2 Å². The van der Waals surface area contributed by atoms with Gasteiger partial charge in [0.05, 0.1) is 4.91 Å². The van der Waals surface area contributed by atoms with Crippen LogP contribution in [0.5, 0.6) is 5.75 Å². The van der Waals surface area contributed by atoms with E-state index in [1.807, 2.05) is 19.1 Å². The number of ether oxygens (including phenoxy) is 1. The molecule has 2 aromatic rings. The normalized spacial score (nSPS) is 15.8. The maximum atomic E-state index is 13.8. The number of halogens is 2. The molecule has 1 amide bonds. The standard InChI is InChI=1S/C19H15BrFNO2S2/c1-2-22-18(23)17(26-19(22)25)10-13-9-14(20)7-8-16(13)24-11-12-5-3-4-6-15(12)21/h3-10H,2,11H2,1H3/b17-10+. The number of hydrogen-bond donors (Lipinski definition) is 0. The molecule has 0 saturated carbocycles. The van der Waals surface area contributed by atoms with Crippen molar-refractivity contribution in [3.8, 4) is 5.75 Å². The molecule has 26 heavy (non-hydrogen) atoms. The second kappa shape index (κ2) is 8.33. The summed E-state index contributed by atoms with van der Waals surface area (Å²) in [6.45, 7) is 2.53. The molecule has 134 valence electrons. The van der Waals surface area contributed by atoms with Crippen molar-refractivity contribution in [2.45, 2.75) is 13.5 Å². The van der Waals surface area contributed by atoms with Gasteiger partial charge in [-0.15, -0.1) is 0 Å². The highest BCUT2D eigenvalue weighted by atomic mass is 79.9. The molecule has 1 heterocycles. The summed E-state index contributed by atoms with van der Waals surface area (Å²) in [5.74, 6) is 0.149. The maximum Gasteiger partial charge on any atom is 0.266 e. The molecule has 7 heteroatoms. The molecular formula is C19H15BrFNO2S2. The lowest BCUT2D eigenvalue weighted by Crippen LogP contribution is -2.27. The van der Waals surface area contributed by atoms with Crippen LogP contribution in [-0.2, 0) is 11.4 Å². The Bertz CT molecular complexity index is 901. The molecule has 1 aliphatic rings. The number of amides is 1. The van der Waals surface area contributed by atoms with Gasteiger partial charge in [-0.05, 0) is 37.3 Å². The monoisotopic (exact) mass is 451 g/mol. The van der Waals surface area contributed by atoms with Crippen LogP contribution < -0.4 is 4.74 Å². The Morgan fingerprint density at radius 1 is 1.31 bits per heavy atom. The Hall–Kier alpha value is -1.70. The second-order valence-electron chi connectivity index (χ2n) is 5.49. The first-order valence-corrected chi connectivity index (χ1v) is 9.92. The number of thiocarbonyl (C=S) groups is 1. The van der Waals surface area contributed by atoms with Crippen molar-refractivity contribution >= 4 is 56.2 Å². The van der Waals surface area contributed by atoms with Crippen molar-refractivity contribution in [1.82, 2.24) is 4.90 Å². The van der Waals surface area contributed by atoms with Gasteiger partial charge in [-0.25, -0.2) is 4.39 Å². The summed E-state index contributed by atoms with van der Waals surface area (Å²) in [5, 5.41) is 0. The van der Waals surface area contributed by atoms with E-state index in [9.17, 15) is 9.18 Å². The van der Waals surface area contributed by atoms with E-state index in [0.29, 0.717) is 27.1 Å². The topological polar surface area (TPSA) is 29.5 Å². The number of nitrogens with zero attached hydrogens (tertiary/aromatic N) is 1. The predicted molar refractivity (Wildman–Crippen MR) is 110 cm³/mol. The Kier molecular flexibility index (Phi) is 6.11. The minimum atomic E-state index is -0.310. The third kappa shape index (κ3) is 4.16. The van der Waals surface area contributed by atoms with Gasteiger partial charge in [0, 0.05) is 22.1 Å². The number of carbonyl (C=O) groups is 1. The summed E-state index contributed by atoms with van der Waals surface area (Å²) in [6, 6.07) is 12.0. The van der Waals surface area contributed by atoms with E-state index in [-0.39, 0.29) is 18.3 Å². The molecule has 0 atom stereocenters. The van der Waals surface area contributed by atoms with Gasteiger partial charge in [0.2, 0.25) is 0 Å². The number of likely N-dealkylation sites (N-methyl/N-ethyl adjacent to an activating group) is 1. The van der Waals surface area contributed by atoms with Crippen LogP contribution in [0, 0.1) is 5.82 Å². The molecule has 1 saturated heterocycles. The third-order valence-electron chi connectivity index (χ3n) is 3.79. The zero-order valence-corrected chi connectivity index (χ0v) is 17.1. The molecule has 0 unspecified atom stereocenters. The highest BCUT2D eigenvalue weighted by Crippen LogP contribution is 2.35. The molecule has 2 aromatic carbocycles. The van der Waals surface area contributed by atoms with Gasteiger partial charge in [-0.1, -0.05) is 58.1 Å². The van der Waals surface area contributed by atoms with Crippen molar-refractivity contribution in [3.63, 3.8) is 0 Å². The predicted octanol–water partition coefficient (Wildman–Crippen LogP) is 5.39. The van der Waals surface area contributed by atoms with Crippen molar-refractivity contribution in [2.24, 2.45) is 0 Å². The smallest absolute Gasteiger partial charge is 0.266 e. The molecule has 1 aliphatic heterocycles. The van der Waals surface area contributed by atoms with E-state index < -0.39 is 0 Å². The van der Waals surface area contributed by atoms with Crippen molar-refractivity contribution in [1.29, 1.82) is 0 Å². The van der Waals surface area contributed by atoms with Crippen LogP contribution in [-0.4, -0.2) is 21.7 Å². The molecule has 3 rings (SSSR count). The van der Waals surface area contributed by atoms with Crippen LogP contribution in [0.2, 0.25) is 0 Å². The van der Waals surface area contributed by atoms with Gasteiger partial charge in [-0.3, -0.25) is 9.69 Å². The summed E-state index contributed by atoms with van der Waals surface area (Å²) < 4.78 is 21.0. The fourth-order valence-electron chi connectivity index (χ4n) is 2.45. The molecule has 1 fully saturated rings. The maximum absolute atomic E-state index is 13.8. The SMILES string of the molecule is CCN1C(=O)/C(=C\c2cc(Br)ccc2OCc2ccccc2F)SC1=S. The quantitative estimate of drug-likeness (QED) is 0.450. The van der Waals surface area contributed by atoms with Crippen LogP contribution >= 0.6 is 39.9 Å². The van der Waals surface area contributed by atoms with E-state index in [1.165, 1.54) is 17.8 Å². The second-order valence-corrected chi connectivity index (χ2v) is 8.08. The van der Waals surface area contributed by atoms with Crippen molar-refractivity contribution < 1.29 is 13.9 Å². The molecule has 0 bridgehead atoms. The first-order chi connectivity index (χ1) is 12.5. The van der Waals surface area contributed by atoms with Gasteiger partial charge in [-0.2, -0.15) is 0 Å². The van der Waals surface area contributed by atoms with Gasteiger partial charge in [0.25, 0.3) is 5.91 Å². The highest BCUT2D eigenvalue weighted by molar-refractivity contribution is 9.10. The van der Waals surface area contributed by atoms with Gasteiger partial charge >= 0.3 is 0 Å². The summed E-state index contributed by atoms with van der Waals surface area (Å²) in [6.07, 6.45) is 1.76. The summed E-state index contributed by atoms with van der Waals surface area (Å²) in [4.78, 5) is 14.5. The lowest BCUT2D eigenvalue weighted by molar-refractivity contribution is -0.121. The van der Waals surface area contributed by atoms with Crippen LogP contribution in [0.25, 0.3) is 6.08 Å². The molecule has 3 nitrogen and oxygen atoms in total. The Balaban J connectivity index is 1.87. The van der Waals surface area contributed by atoms with Gasteiger partial charge in [0.15, 0.2) is 0 Å². The lowest BCUT2D eigenvalue weighted by Gasteiger charge is -2.11. The minimum Gasteiger partial charge on any atom is -0.488 e. The first kappa shape index (κ1) is 19.1. The number of rotatable bonds is 5.